The number of fused-ring (bicyclic) bond motifs is 1. The van der Waals surface area contributed by atoms with Gasteiger partial charge in [-0.25, -0.2) is 4.98 Å². The molecule has 152 valence electrons. The first-order valence-corrected chi connectivity index (χ1v) is 10.5. The summed E-state index contributed by atoms with van der Waals surface area (Å²) in [6.07, 6.45) is 0.643. The van der Waals surface area contributed by atoms with Crippen LogP contribution in [0.3, 0.4) is 0 Å². The molecule has 0 bridgehead atoms. The number of carbonyl (C=O) groups is 1. The van der Waals surface area contributed by atoms with Gasteiger partial charge in [0.25, 0.3) is 5.91 Å². The van der Waals surface area contributed by atoms with Crippen LogP contribution in [0.5, 0.6) is 5.75 Å². The summed E-state index contributed by atoms with van der Waals surface area (Å²) in [5.41, 5.74) is 3.84. The lowest BCUT2D eigenvalue weighted by Gasteiger charge is -2.11. The minimum absolute atomic E-state index is 0.0888. The van der Waals surface area contributed by atoms with Crippen molar-refractivity contribution in [3.63, 3.8) is 0 Å². The number of hydrogen-bond acceptors (Lipinski definition) is 3. The molecule has 4 rings (SSSR count). The molecule has 1 aromatic heterocycles. The Balaban J connectivity index is 1.51. The van der Waals surface area contributed by atoms with E-state index >= 15 is 0 Å². The van der Waals surface area contributed by atoms with Gasteiger partial charge in [0.1, 0.15) is 11.6 Å². The van der Waals surface area contributed by atoms with E-state index in [4.69, 9.17) is 9.72 Å². The van der Waals surface area contributed by atoms with Gasteiger partial charge in [0.2, 0.25) is 0 Å². The lowest BCUT2D eigenvalue weighted by Crippen LogP contribution is -2.26. The number of nitrogens with one attached hydrogen (secondary N) is 1. The average Bonchev–Trinajstić information content (AvgIpc) is 3.11. The van der Waals surface area contributed by atoms with E-state index in [0.717, 1.165) is 27.1 Å². The Kier molecular flexibility index (Phi) is 6.14. The SMILES string of the molecule is COc1ccc(Cn2c(CCNC(=O)c3cccc(Br)c3)nc3ccccc32)cc1. The van der Waals surface area contributed by atoms with Crippen LogP contribution in [0.2, 0.25) is 0 Å². The van der Waals surface area contributed by atoms with Gasteiger partial charge >= 0.3 is 0 Å². The summed E-state index contributed by atoms with van der Waals surface area (Å²) in [7, 11) is 1.67. The number of imidazole rings is 1. The summed E-state index contributed by atoms with van der Waals surface area (Å²) < 4.78 is 8.35. The van der Waals surface area contributed by atoms with E-state index in [1.807, 2.05) is 48.5 Å². The third-order valence-corrected chi connectivity index (χ3v) is 5.45. The average molecular weight is 464 g/mol. The number of aromatic nitrogens is 2. The molecule has 0 saturated heterocycles. The fourth-order valence-corrected chi connectivity index (χ4v) is 3.83. The summed E-state index contributed by atoms with van der Waals surface area (Å²) in [6, 6.07) is 23.5. The summed E-state index contributed by atoms with van der Waals surface area (Å²) in [5.74, 6) is 1.69. The van der Waals surface area contributed by atoms with Crippen molar-refractivity contribution in [2.75, 3.05) is 13.7 Å². The van der Waals surface area contributed by atoms with Gasteiger partial charge in [0.15, 0.2) is 0 Å². The lowest BCUT2D eigenvalue weighted by atomic mass is 10.2. The summed E-state index contributed by atoms with van der Waals surface area (Å²) in [6.45, 7) is 1.22. The van der Waals surface area contributed by atoms with E-state index in [1.54, 1.807) is 13.2 Å². The van der Waals surface area contributed by atoms with Crippen molar-refractivity contribution in [3.8, 4) is 5.75 Å². The molecule has 0 radical (unpaired) electrons. The Labute approximate surface area is 183 Å². The second-order valence-corrected chi connectivity index (χ2v) is 7.88. The maximum absolute atomic E-state index is 12.4. The first-order valence-electron chi connectivity index (χ1n) is 9.75. The molecule has 0 unspecified atom stereocenters. The third kappa shape index (κ3) is 4.54. The van der Waals surface area contributed by atoms with Crippen molar-refractivity contribution in [1.82, 2.24) is 14.9 Å². The van der Waals surface area contributed by atoms with Crippen LogP contribution < -0.4 is 10.1 Å². The fourth-order valence-electron chi connectivity index (χ4n) is 3.43. The molecule has 0 aliphatic rings. The van der Waals surface area contributed by atoms with Gasteiger partial charge in [0.05, 0.1) is 18.1 Å². The van der Waals surface area contributed by atoms with Gasteiger partial charge in [-0.3, -0.25) is 4.79 Å². The van der Waals surface area contributed by atoms with Gasteiger partial charge in [-0.15, -0.1) is 0 Å². The normalized spacial score (nSPS) is 10.9. The first-order chi connectivity index (χ1) is 14.6. The van der Waals surface area contributed by atoms with Crippen molar-refractivity contribution in [2.45, 2.75) is 13.0 Å². The number of carbonyl (C=O) groups excluding carboxylic acids is 1. The number of halogens is 1. The molecule has 1 heterocycles. The monoisotopic (exact) mass is 463 g/mol. The van der Waals surface area contributed by atoms with Crippen LogP contribution in [-0.4, -0.2) is 29.1 Å². The van der Waals surface area contributed by atoms with E-state index in [2.05, 4.69) is 44.0 Å². The van der Waals surface area contributed by atoms with Gasteiger partial charge in [0, 0.05) is 29.5 Å². The second kappa shape index (κ2) is 9.13. The van der Waals surface area contributed by atoms with E-state index in [0.29, 0.717) is 25.1 Å². The molecule has 0 saturated carbocycles. The smallest absolute Gasteiger partial charge is 0.251 e. The maximum atomic E-state index is 12.4. The minimum atomic E-state index is -0.0888. The summed E-state index contributed by atoms with van der Waals surface area (Å²) in [5, 5.41) is 3.00. The van der Waals surface area contributed by atoms with E-state index in [9.17, 15) is 4.79 Å². The van der Waals surface area contributed by atoms with Gasteiger partial charge in [-0.2, -0.15) is 0 Å². The second-order valence-electron chi connectivity index (χ2n) is 6.97. The number of ether oxygens (including phenoxy) is 1. The zero-order valence-corrected chi connectivity index (χ0v) is 18.2. The Morgan fingerprint density at radius 2 is 1.87 bits per heavy atom. The largest absolute Gasteiger partial charge is 0.497 e. The number of amides is 1. The Morgan fingerprint density at radius 3 is 2.63 bits per heavy atom. The van der Waals surface area contributed by atoms with Crippen LogP contribution in [0.1, 0.15) is 21.7 Å². The van der Waals surface area contributed by atoms with Crippen LogP contribution in [-0.2, 0) is 13.0 Å². The van der Waals surface area contributed by atoms with Crippen molar-refractivity contribution in [2.24, 2.45) is 0 Å². The van der Waals surface area contributed by atoms with E-state index < -0.39 is 0 Å². The highest BCUT2D eigenvalue weighted by Gasteiger charge is 2.12. The molecule has 5 nitrogen and oxygen atoms in total. The number of hydrogen-bond donors (Lipinski definition) is 1. The molecule has 1 N–H and O–H groups in total. The Morgan fingerprint density at radius 1 is 1.07 bits per heavy atom. The van der Waals surface area contributed by atoms with Crippen LogP contribution in [0.15, 0.2) is 77.3 Å². The lowest BCUT2D eigenvalue weighted by molar-refractivity contribution is 0.0954. The molecule has 6 heteroatoms. The van der Waals surface area contributed by atoms with E-state index in [-0.39, 0.29) is 5.91 Å². The number of para-hydroxylation sites is 2. The zero-order valence-electron chi connectivity index (χ0n) is 16.6. The summed E-state index contributed by atoms with van der Waals surface area (Å²) >= 11 is 3.40. The van der Waals surface area contributed by atoms with Gasteiger partial charge < -0.3 is 14.6 Å². The highest BCUT2D eigenvalue weighted by atomic mass is 79.9. The van der Waals surface area contributed by atoms with Crippen molar-refractivity contribution in [3.05, 3.63) is 94.2 Å². The Hall–Kier alpha value is -3.12. The van der Waals surface area contributed by atoms with Crippen LogP contribution >= 0.6 is 15.9 Å². The minimum Gasteiger partial charge on any atom is -0.497 e. The predicted octanol–water partition coefficient (Wildman–Crippen LogP) is 4.83. The van der Waals surface area contributed by atoms with Crippen molar-refractivity contribution >= 4 is 32.9 Å². The topological polar surface area (TPSA) is 56.1 Å². The van der Waals surface area contributed by atoms with Gasteiger partial charge in [-0.05, 0) is 48.0 Å². The molecule has 3 aromatic carbocycles. The molecular formula is C24H22BrN3O2. The molecule has 4 aromatic rings. The third-order valence-electron chi connectivity index (χ3n) is 4.95. The van der Waals surface area contributed by atoms with Crippen molar-refractivity contribution < 1.29 is 9.53 Å². The van der Waals surface area contributed by atoms with Crippen LogP contribution in [0.25, 0.3) is 11.0 Å². The highest BCUT2D eigenvalue weighted by molar-refractivity contribution is 9.10. The molecular weight excluding hydrogens is 442 g/mol. The quantitative estimate of drug-likeness (QED) is 0.427. The number of benzene rings is 3. The highest BCUT2D eigenvalue weighted by Crippen LogP contribution is 2.20. The Bertz CT molecular complexity index is 1170. The standard InChI is InChI=1S/C24H22BrN3O2/c1-30-20-11-9-17(10-12-20)16-28-22-8-3-2-7-21(22)27-23(28)13-14-26-24(29)18-5-4-6-19(25)15-18/h2-12,15H,13-14,16H2,1H3,(H,26,29). The first kappa shape index (κ1) is 20.2. The molecule has 0 fully saturated rings. The fraction of sp³-hybridized carbons (Fsp3) is 0.167. The predicted molar refractivity (Wildman–Crippen MR) is 122 cm³/mol. The maximum Gasteiger partial charge on any atom is 0.251 e. The molecule has 0 aliphatic carbocycles. The molecule has 0 atom stereocenters. The number of rotatable bonds is 7. The van der Waals surface area contributed by atoms with Crippen LogP contribution in [0, 0.1) is 0 Å². The number of nitrogens with zero attached hydrogens (tertiary/aromatic N) is 2. The summed E-state index contributed by atoms with van der Waals surface area (Å²) in [4.78, 5) is 17.2. The molecule has 0 aliphatic heterocycles. The number of methoxy groups -OCH3 is 1. The van der Waals surface area contributed by atoms with Crippen molar-refractivity contribution in [1.29, 1.82) is 0 Å². The van der Waals surface area contributed by atoms with E-state index in [1.165, 1.54) is 5.56 Å². The molecule has 30 heavy (non-hydrogen) atoms. The molecule has 0 spiro atoms. The molecule has 1 amide bonds. The van der Waals surface area contributed by atoms with Crippen LogP contribution in [0.4, 0.5) is 0 Å². The van der Waals surface area contributed by atoms with Gasteiger partial charge in [-0.1, -0.05) is 46.3 Å². The zero-order chi connectivity index (χ0) is 20.9.